The summed E-state index contributed by atoms with van der Waals surface area (Å²) in [6, 6.07) is 7.43. The Morgan fingerprint density at radius 2 is 1.92 bits per heavy atom. The number of aryl methyl sites for hydroxylation is 1. The summed E-state index contributed by atoms with van der Waals surface area (Å²) in [5.74, 6) is -2.59. The molecular weight excluding hydrogens is 561 g/mol. The van der Waals surface area contributed by atoms with E-state index in [1.807, 2.05) is 0 Å². The molecule has 0 aliphatic rings. The van der Waals surface area contributed by atoms with E-state index in [2.05, 4.69) is 36.1 Å². The van der Waals surface area contributed by atoms with Crippen LogP contribution in [-0.4, -0.2) is 58.8 Å². The Morgan fingerprint density at radius 3 is 2.54 bits per heavy atom. The number of anilines is 1. The lowest BCUT2D eigenvalue weighted by Crippen LogP contribution is -2.24. The first kappa shape index (κ1) is 27.6. The lowest BCUT2D eigenvalue weighted by Gasteiger charge is -2.15. The van der Waals surface area contributed by atoms with Gasteiger partial charge in [-0.05, 0) is 48.0 Å². The lowest BCUT2D eigenvalue weighted by atomic mass is 10.0. The number of hydrogen-bond acceptors (Lipinski definition) is 8. The molecule has 0 saturated carbocycles. The van der Waals surface area contributed by atoms with Crippen LogP contribution in [0.4, 0.5) is 18.9 Å². The third kappa shape index (κ3) is 5.85. The van der Waals surface area contributed by atoms with E-state index in [0.717, 1.165) is 4.68 Å². The van der Waals surface area contributed by atoms with Crippen molar-refractivity contribution in [3.05, 3.63) is 75.5 Å². The van der Waals surface area contributed by atoms with E-state index in [1.54, 1.807) is 19.1 Å². The van der Waals surface area contributed by atoms with Crippen LogP contribution in [0.1, 0.15) is 43.5 Å². The standard InChI is InChI=1S/C22H18ClF3N10O2S/c1-10-6-11(17(27)39)7-13(19(37)28-2)16(10)30-20(38)15-8-12(9-35-33-21(31-34-35)22(24,25)26)32-36(15)18-14(23)4-3-5-29-18/h3-8H,9H2,1-2H3,(H2,27,39)(H,28,37)(H,30,38). The van der Waals surface area contributed by atoms with Gasteiger partial charge in [-0.15, -0.1) is 10.2 Å². The van der Waals surface area contributed by atoms with E-state index in [-0.39, 0.29) is 45.0 Å². The Hall–Kier alpha value is -4.44. The van der Waals surface area contributed by atoms with Gasteiger partial charge in [0.05, 0.1) is 22.0 Å². The van der Waals surface area contributed by atoms with Crippen molar-refractivity contribution in [2.75, 3.05) is 12.4 Å². The lowest BCUT2D eigenvalue weighted by molar-refractivity contribution is -0.145. The molecule has 0 spiro atoms. The SMILES string of the molecule is CNC(=O)c1cc(C(N)=S)cc(C)c1NC(=O)c1cc(Cn2nnc(C(F)(F)F)n2)nn1-c1ncccc1Cl. The molecule has 3 heterocycles. The van der Waals surface area contributed by atoms with E-state index in [4.69, 9.17) is 29.6 Å². The Bertz CT molecular complexity index is 1600. The molecule has 12 nitrogen and oxygen atoms in total. The highest BCUT2D eigenvalue weighted by atomic mass is 35.5. The van der Waals surface area contributed by atoms with Gasteiger partial charge in [-0.2, -0.15) is 23.1 Å². The predicted octanol–water partition coefficient (Wildman–Crippen LogP) is 2.53. The van der Waals surface area contributed by atoms with E-state index in [1.165, 1.54) is 31.4 Å². The van der Waals surface area contributed by atoms with E-state index < -0.39 is 23.8 Å². The van der Waals surface area contributed by atoms with Gasteiger partial charge < -0.3 is 16.4 Å². The van der Waals surface area contributed by atoms with Gasteiger partial charge in [0.2, 0.25) is 0 Å². The highest BCUT2D eigenvalue weighted by Crippen LogP contribution is 2.27. The van der Waals surface area contributed by atoms with Gasteiger partial charge in [-0.3, -0.25) is 9.59 Å². The first-order chi connectivity index (χ1) is 18.4. The van der Waals surface area contributed by atoms with E-state index in [0.29, 0.717) is 15.9 Å². The number of pyridine rings is 1. The summed E-state index contributed by atoms with van der Waals surface area (Å²) in [5.41, 5.74) is 6.91. The average Bonchev–Trinajstić information content (AvgIpc) is 3.52. The molecule has 17 heteroatoms. The number of thiocarbonyl (C=S) groups is 1. The van der Waals surface area contributed by atoms with Crippen LogP contribution < -0.4 is 16.4 Å². The summed E-state index contributed by atoms with van der Waals surface area (Å²) in [6.45, 7) is 1.29. The molecule has 0 radical (unpaired) electrons. The van der Waals surface area contributed by atoms with Gasteiger partial charge in [-0.1, -0.05) is 23.8 Å². The Morgan fingerprint density at radius 1 is 1.18 bits per heavy atom. The van der Waals surface area contributed by atoms with E-state index >= 15 is 0 Å². The second kappa shape index (κ2) is 10.7. The number of carbonyl (C=O) groups is 2. The summed E-state index contributed by atoms with van der Waals surface area (Å²) in [4.78, 5) is 31.0. The summed E-state index contributed by atoms with van der Waals surface area (Å²) in [6.07, 6.45) is -3.37. The molecule has 0 fully saturated rings. The molecule has 4 N–H and O–H groups in total. The fraction of sp³-hybridized carbons (Fsp3) is 0.182. The number of carbonyl (C=O) groups excluding carboxylic acids is 2. The highest BCUT2D eigenvalue weighted by Gasteiger charge is 2.37. The zero-order valence-electron chi connectivity index (χ0n) is 20.1. The van der Waals surface area contributed by atoms with Gasteiger partial charge in [0.15, 0.2) is 5.82 Å². The van der Waals surface area contributed by atoms with Gasteiger partial charge >= 0.3 is 6.18 Å². The van der Waals surface area contributed by atoms with Crippen molar-refractivity contribution in [3.8, 4) is 5.82 Å². The van der Waals surface area contributed by atoms with Crippen molar-refractivity contribution in [2.24, 2.45) is 5.73 Å². The van der Waals surface area contributed by atoms with Crippen molar-refractivity contribution in [1.82, 2.24) is 40.3 Å². The number of nitrogens with zero attached hydrogens (tertiary/aromatic N) is 7. The van der Waals surface area contributed by atoms with Gasteiger partial charge in [-0.25, -0.2) is 9.67 Å². The minimum absolute atomic E-state index is 0.0593. The number of halogens is 4. The molecule has 4 rings (SSSR count). The van der Waals surface area contributed by atoms with Crippen molar-refractivity contribution in [1.29, 1.82) is 0 Å². The van der Waals surface area contributed by atoms with Crippen LogP contribution in [0.25, 0.3) is 5.82 Å². The van der Waals surface area contributed by atoms with Crippen LogP contribution in [0.5, 0.6) is 0 Å². The molecule has 0 bridgehead atoms. The van der Waals surface area contributed by atoms with Gasteiger partial charge in [0.1, 0.15) is 17.2 Å². The number of aromatic nitrogens is 7. The van der Waals surface area contributed by atoms with Crippen molar-refractivity contribution in [3.63, 3.8) is 0 Å². The number of nitrogens with two attached hydrogens (primary N) is 1. The minimum atomic E-state index is -4.78. The number of tetrazole rings is 1. The molecule has 0 aliphatic carbocycles. The van der Waals surface area contributed by atoms with Crippen LogP contribution in [0.15, 0.2) is 36.5 Å². The van der Waals surface area contributed by atoms with Gasteiger partial charge in [0.25, 0.3) is 17.6 Å². The van der Waals surface area contributed by atoms with Crippen LogP contribution in [0.3, 0.4) is 0 Å². The fourth-order valence-corrected chi connectivity index (χ4v) is 3.84. The zero-order valence-corrected chi connectivity index (χ0v) is 21.7. The summed E-state index contributed by atoms with van der Waals surface area (Å²) in [5, 5.41) is 19.3. The Labute approximate surface area is 228 Å². The molecule has 202 valence electrons. The predicted molar refractivity (Wildman–Crippen MR) is 137 cm³/mol. The second-order valence-electron chi connectivity index (χ2n) is 8.00. The third-order valence-corrected chi connectivity index (χ3v) is 5.80. The number of alkyl halides is 3. The van der Waals surface area contributed by atoms with Crippen LogP contribution >= 0.6 is 23.8 Å². The number of nitrogens with one attached hydrogen (secondary N) is 2. The smallest absolute Gasteiger partial charge is 0.389 e. The maximum absolute atomic E-state index is 13.5. The molecule has 2 amide bonds. The number of amides is 2. The molecule has 3 aromatic heterocycles. The van der Waals surface area contributed by atoms with E-state index in [9.17, 15) is 22.8 Å². The summed E-state index contributed by atoms with van der Waals surface area (Å²) in [7, 11) is 1.42. The van der Waals surface area contributed by atoms with Crippen LogP contribution in [-0.2, 0) is 12.7 Å². The third-order valence-electron chi connectivity index (χ3n) is 5.27. The van der Waals surface area contributed by atoms with Gasteiger partial charge in [0, 0.05) is 18.8 Å². The topological polar surface area (TPSA) is 159 Å². The maximum Gasteiger partial charge on any atom is 0.455 e. The second-order valence-corrected chi connectivity index (χ2v) is 8.84. The van der Waals surface area contributed by atoms with Crippen molar-refractivity contribution >= 4 is 46.3 Å². The molecule has 0 atom stereocenters. The monoisotopic (exact) mass is 578 g/mol. The number of hydrogen-bond donors (Lipinski definition) is 3. The number of benzene rings is 1. The fourth-order valence-electron chi connectivity index (χ4n) is 3.52. The average molecular weight is 579 g/mol. The molecule has 0 unspecified atom stereocenters. The van der Waals surface area contributed by atoms with Crippen LogP contribution in [0.2, 0.25) is 5.02 Å². The Balaban J connectivity index is 1.76. The normalized spacial score (nSPS) is 11.3. The molecule has 39 heavy (non-hydrogen) atoms. The largest absolute Gasteiger partial charge is 0.455 e. The van der Waals surface area contributed by atoms with Crippen molar-refractivity contribution < 1.29 is 22.8 Å². The summed E-state index contributed by atoms with van der Waals surface area (Å²) < 4.78 is 39.8. The zero-order chi connectivity index (χ0) is 28.5. The molecule has 1 aromatic carbocycles. The van der Waals surface area contributed by atoms with Crippen molar-refractivity contribution in [2.45, 2.75) is 19.6 Å². The molecular formula is C22H18ClF3N10O2S. The minimum Gasteiger partial charge on any atom is -0.389 e. The number of rotatable bonds is 7. The Kier molecular flexibility index (Phi) is 7.60. The maximum atomic E-state index is 13.5. The molecule has 0 aliphatic heterocycles. The first-order valence-electron chi connectivity index (χ1n) is 10.9. The molecule has 0 saturated heterocycles. The van der Waals surface area contributed by atoms with Crippen LogP contribution in [0, 0.1) is 6.92 Å². The quantitative estimate of drug-likeness (QED) is 0.280. The highest BCUT2D eigenvalue weighted by molar-refractivity contribution is 7.80. The summed E-state index contributed by atoms with van der Waals surface area (Å²) >= 11 is 11.3. The first-order valence-corrected chi connectivity index (χ1v) is 11.7. The molecule has 4 aromatic rings.